The van der Waals surface area contributed by atoms with Gasteiger partial charge in [0.25, 0.3) is 5.91 Å². The topological polar surface area (TPSA) is 101 Å². The van der Waals surface area contributed by atoms with Crippen LogP contribution in [0.3, 0.4) is 0 Å². The van der Waals surface area contributed by atoms with Crippen molar-refractivity contribution >= 4 is 17.6 Å². The monoisotopic (exact) mass is 491 g/mol. The largest absolute Gasteiger partial charge is 0.493 e. The van der Waals surface area contributed by atoms with Gasteiger partial charge in [-0.3, -0.25) is 4.79 Å². The molecule has 4 rings (SSSR count). The summed E-state index contributed by atoms with van der Waals surface area (Å²) in [5.41, 5.74) is -0.695. The van der Waals surface area contributed by atoms with Crippen LogP contribution in [0.4, 0.5) is 18.9 Å². The van der Waals surface area contributed by atoms with Gasteiger partial charge >= 0.3 is 12.1 Å². The molecule has 0 bridgehead atoms. The molecule has 0 unspecified atom stereocenters. The quantitative estimate of drug-likeness (QED) is 0.523. The number of ether oxygens (including phenoxy) is 4. The van der Waals surface area contributed by atoms with Crippen LogP contribution in [0.25, 0.3) is 5.69 Å². The minimum Gasteiger partial charge on any atom is -0.493 e. The molecule has 1 N–H and O–H groups in total. The van der Waals surface area contributed by atoms with Crippen LogP contribution in [0, 0.1) is 0 Å². The minimum atomic E-state index is -4.54. The van der Waals surface area contributed by atoms with Crippen LogP contribution in [0.5, 0.6) is 17.2 Å². The van der Waals surface area contributed by atoms with Crippen molar-refractivity contribution in [3.63, 3.8) is 0 Å². The maximum absolute atomic E-state index is 13.0. The predicted molar refractivity (Wildman–Crippen MR) is 116 cm³/mol. The molecule has 184 valence electrons. The highest BCUT2D eigenvalue weighted by Gasteiger charge is 2.31. The van der Waals surface area contributed by atoms with E-state index in [1.807, 2.05) is 0 Å². The van der Waals surface area contributed by atoms with Crippen molar-refractivity contribution < 1.29 is 41.7 Å². The van der Waals surface area contributed by atoms with Gasteiger partial charge in [-0.05, 0) is 30.3 Å². The summed E-state index contributed by atoms with van der Waals surface area (Å²) in [4.78, 5) is 24.8. The third-order valence-electron chi connectivity index (χ3n) is 4.90. The van der Waals surface area contributed by atoms with Gasteiger partial charge in [-0.1, -0.05) is 6.07 Å². The van der Waals surface area contributed by atoms with Gasteiger partial charge in [-0.25, -0.2) is 9.48 Å². The molecule has 12 heteroatoms. The van der Waals surface area contributed by atoms with Gasteiger partial charge in [0.2, 0.25) is 5.69 Å². The van der Waals surface area contributed by atoms with Crippen LogP contribution in [0.15, 0.2) is 48.7 Å². The van der Waals surface area contributed by atoms with Gasteiger partial charge in [0.1, 0.15) is 0 Å². The smallest absolute Gasteiger partial charge is 0.416 e. The van der Waals surface area contributed by atoms with E-state index in [9.17, 15) is 22.8 Å². The number of alkyl halides is 3. The Morgan fingerprint density at radius 3 is 2.63 bits per heavy atom. The maximum Gasteiger partial charge on any atom is 0.416 e. The van der Waals surface area contributed by atoms with Crippen molar-refractivity contribution in [2.24, 2.45) is 0 Å². The fourth-order valence-electron chi connectivity index (χ4n) is 3.24. The molecule has 0 spiro atoms. The van der Waals surface area contributed by atoms with Crippen LogP contribution in [0.2, 0.25) is 0 Å². The molecule has 1 aromatic heterocycles. The summed E-state index contributed by atoms with van der Waals surface area (Å²) in [6, 6.07) is 9.28. The van der Waals surface area contributed by atoms with Crippen molar-refractivity contribution in [3.05, 3.63) is 59.9 Å². The number of hydrogen-bond donors (Lipinski definition) is 1. The molecule has 0 atom stereocenters. The Kier molecular flexibility index (Phi) is 6.80. The molecule has 2 heterocycles. The van der Waals surface area contributed by atoms with Crippen molar-refractivity contribution in [1.29, 1.82) is 0 Å². The first-order valence-electron chi connectivity index (χ1n) is 10.4. The standard InChI is InChI=1S/C23H20F3N3O6/c1-32-19-12-29(16-5-2-4-14(10-16)23(24,25)26)28-21(19)22(31)35-13-20(30)27-15-6-7-17-18(11-15)34-9-3-8-33-17/h2,4-7,10-12H,3,8-9,13H2,1H3,(H,27,30). The summed E-state index contributed by atoms with van der Waals surface area (Å²) in [5, 5.41) is 6.57. The van der Waals surface area contributed by atoms with E-state index in [1.54, 1.807) is 18.2 Å². The fraction of sp³-hybridized carbons (Fsp3) is 0.261. The Hall–Kier alpha value is -4.22. The molecule has 1 aliphatic heterocycles. The van der Waals surface area contributed by atoms with Crippen LogP contribution in [-0.2, 0) is 15.7 Å². The lowest BCUT2D eigenvalue weighted by Gasteiger charge is -2.10. The molecule has 3 aromatic rings. The van der Waals surface area contributed by atoms with Crippen LogP contribution < -0.4 is 19.5 Å². The number of nitrogens with zero attached hydrogens (tertiary/aromatic N) is 2. The van der Waals surface area contributed by atoms with E-state index in [2.05, 4.69) is 10.4 Å². The first-order chi connectivity index (χ1) is 16.7. The number of rotatable bonds is 6. The fourth-order valence-corrected chi connectivity index (χ4v) is 3.24. The normalized spacial score (nSPS) is 13.0. The van der Waals surface area contributed by atoms with Gasteiger partial charge in [0.05, 0.1) is 37.8 Å². The summed E-state index contributed by atoms with van der Waals surface area (Å²) >= 11 is 0. The second-order valence-electron chi connectivity index (χ2n) is 7.38. The molecule has 0 saturated heterocycles. The number of esters is 1. The van der Waals surface area contributed by atoms with Gasteiger partial charge in [0.15, 0.2) is 23.9 Å². The molecular formula is C23H20F3N3O6. The van der Waals surface area contributed by atoms with E-state index in [-0.39, 0.29) is 17.1 Å². The number of fused-ring (bicyclic) bond motifs is 1. The van der Waals surface area contributed by atoms with Crippen molar-refractivity contribution in [2.45, 2.75) is 12.6 Å². The second-order valence-corrected chi connectivity index (χ2v) is 7.38. The lowest BCUT2D eigenvalue weighted by Crippen LogP contribution is -2.21. The zero-order valence-corrected chi connectivity index (χ0v) is 18.4. The maximum atomic E-state index is 13.0. The van der Waals surface area contributed by atoms with Gasteiger partial charge in [0, 0.05) is 18.2 Å². The van der Waals surface area contributed by atoms with E-state index in [1.165, 1.54) is 25.4 Å². The van der Waals surface area contributed by atoms with E-state index >= 15 is 0 Å². The van der Waals surface area contributed by atoms with Gasteiger partial charge in [-0.15, -0.1) is 0 Å². The number of anilines is 1. The Labute approximate surface area is 197 Å². The molecule has 0 aliphatic carbocycles. The second kappa shape index (κ2) is 9.95. The average molecular weight is 491 g/mol. The molecule has 35 heavy (non-hydrogen) atoms. The van der Waals surface area contributed by atoms with Crippen LogP contribution in [0.1, 0.15) is 22.5 Å². The van der Waals surface area contributed by atoms with E-state index in [4.69, 9.17) is 18.9 Å². The third kappa shape index (κ3) is 5.65. The summed E-state index contributed by atoms with van der Waals surface area (Å²) in [6.07, 6.45) is -2.57. The molecule has 2 aromatic carbocycles. The molecule has 0 saturated carbocycles. The minimum absolute atomic E-state index is 0.0317. The summed E-state index contributed by atoms with van der Waals surface area (Å²) < 4.78 is 61.3. The molecule has 1 aliphatic rings. The van der Waals surface area contributed by atoms with E-state index < -0.39 is 30.2 Å². The van der Waals surface area contributed by atoms with E-state index in [0.29, 0.717) is 30.4 Å². The number of nitrogens with one attached hydrogen (secondary N) is 1. The number of carbonyl (C=O) groups excluding carboxylic acids is 2. The van der Waals surface area contributed by atoms with Crippen molar-refractivity contribution in [1.82, 2.24) is 9.78 Å². The zero-order chi connectivity index (χ0) is 25.0. The number of methoxy groups -OCH3 is 1. The van der Waals surface area contributed by atoms with Crippen LogP contribution >= 0.6 is 0 Å². The first-order valence-corrected chi connectivity index (χ1v) is 10.4. The van der Waals surface area contributed by atoms with Gasteiger partial charge in [-0.2, -0.15) is 18.3 Å². The average Bonchev–Trinajstić information content (AvgIpc) is 3.14. The summed E-state index contributed by atoms with van der Waals surface area (Å²) in [6.45, 7) is 0.380. The van der Waals surface area contributed by atoms with E-state index in [0.717, 1.165) is 23.2 Å². The predicted octanol–water partition coefficient (Wildman–Crippen LogP) is 3.86. The molecule has 9 nitrogen and oxygen atoms in total. The Morgan fingerprint density at radius 1 is 1.11 bits per heavy atom. The lowest BCUT2D eigenvalue weighted by molar-refractivity contribution is -0.137. The molecule has 0 radical (unpaired) electrons. The SMILES string of the molecule is COc1cn(-c2cccc(C(F)(F)F)c2)nc1C(=O)OCC(=O)Nc1ccc2c(c1)OCCCO2. The first kappa shape index (κ1) is 23.9. The molecule has 1 amide bonds. The highest BCUT2D eigenvalue weighted by atomic mass is 19.4. The number of carbonyl (C=O) groups is 2. The Balaban J connectivity index is 1.42. The van der Waals surface area contributed by atoms with Gasteiger partial charge < -0.3 is 24.3 Å². The van der Waals surface area contributed by atoms with Crippen molar-refractivity contribution in [2.75, 3.05) is 32.2 Å². The molecular weight excluding hydrogens is 471 g/mol. The van der Waals surface area contributed by atoms with Crippen LogP contribution in [-0.4, -0.2) is 48.6 Å². The Morgan fingerprint density at radius 2 is 1.89 bits per heavy atom. The number of hydrogen-bond acceptors (Lipinski definition) is 7. The third-order valence-corrected chi connectivity index (χ3v) is 4.90. The highest BCUT2D eigenvalue weighted by Crippen LogP contribution is 2.33. The number of benzene rings is 2. The van der Waals surface area contributed by atoms with Crippen molar-refractivity contribution in [3.8, 4) is 22.9 Å². The number of halogens is 3. The zero-order valence-electron chi connectivity index (χ0n) is 18.4. The lowest BCUT2D eigenvalue weighted by atomic mass is 10.2. The Bertz CT molecular complexity index is 1240. The molecule has 0 fully saturated rings. The summed E-state index contributed by atoms with van der Waals surface area (Å²) in [7, 11) is 1.26. The number of aromatic nitrogens is 2. The number of amides is 1. The highest BCUT2D eigenvalue weighted by molar-refractivity contribution is 5.96. The summed E-state index contributed by atoms with van der Waals surface area (Å²) in [5.74, 6) is -0.584.